The van der Waals surface area contributed by atoms with E-state index in [0.717, 1.165) is 0 Å². The van der Waals surface area contributed by atoms with Crippen LogP contribution < -0.4 is 20.8 Å². The summed E-state index contributed by atoms with van der Waals surface area (Å²) in [5.74, 6) is -1.12. The summed E-state index contributed by atoms with van der Waals surface area (Å²) in [6, 6.07) is 18.4. The predicted molar refractivity (Wildman–Crippen MR) is 133 cm³/mol. The lowest BCUT2D eigenvalue weighted by Crippen LogP contribution is -2.45. The smallest absolute Gasteiger partial charge is 0.247 e. The van der Waals surface area contributed by atoms with Crippen LogP contribution in [-0.4, -0.2) is 18.1 Å². The molecule has 0 saturated heterocycles. The Balaban J connectivity index is 1.74. The third-order valence-electron chi connectivity index (χ3n) is 6.69. The molecule has 1 atom stereocenters. The van der Waals surface area contributed by atoms with Crippen molar-refractivity contribution in [3.63, 3.8) is 0 Å². The number of halogens is 1. The van der Waals surface area contributed by atoms with Crippen molar-refractivity contribution in [2.75, 3.05) is 11.9 Å². The predicted octanol–water partition coefficient (Wildman–Crippen LogP) is 4.17. The number of nitrogens with zero attached hydrogens (tertiary/aromatic N) is 2. The number of amides is 1. The summed E-state index contributed by atoms with van der Waals surface area (Å²) in [4.78, 5) is 28.5. The highest BCUT2D eigenvalue weighted by Gasteiger charge is 2.60. The van der Waals surface area contributed by atoms with E-state index in [9.17, 15) is 20.0 Å². The van der Waals surface area contributed by atoms with Gasteiger partial charge in [0.05, 0.1) is 5.56 Å². The zero-order valence-corrected chi connectivity index (χ0v) is 19.5. The van der Waals surface area contributed by atoms with Gasteiger partial charge >= 0.3 is 0 Å². The molecule has 176 valence electrons. The number of benzene rings is 3. The molecule has 8 nitrogen and oxygen atoms in total. The lowest BCUT2D eigenvalue weighted by Gasteiger charge is -2.34. The Morgan fingerprint density at radius 1 is 1.11 bits per heavy atom. The number of carbonyl (C=O) groups excluding carboxylic acids is 1. The van der Waals surface area contributed by atoms with Crippen LogP contribution in [0.4, 0.5) is 5.69 Å². The van der Waals surface area contributed by atoms with Crippen molar-refractivity contribution < 1.29 is 19.1 Å². The largest absolute Gasteiger partial charge is 0.507 e. The summed E-state index contributed by atoms with van der Waals surface area (Å²) < 4.78 is 11.7. The molecule has 4 aromatic rings. The molecule has 36 heavy (non-hydrogen) atoms. The van der Waals surface area contributed by atoms with E-state index in [0.29, 0.717) is 21.8 Å². The number of hydrogen-bond donors (Lipinski definition) is 2. The number of rotatable bonds is 1. The molecule has 0 radical (unpaired) electrons. The van der Waals surface area contributed by atoms with E-state index in [1.165, 1.54) is 17.0 Å². The Morgan fingerprint density at radius 2 is 1.86 bits per heavy atom. The molecule has 1 unspecified atom stereocenters. The van der Waals surface area contributed by atoms with Crippen LogP contribution >= 0.6 is 11.6 Å². The fourth-order valence-electron chi connectivity index (χ4n) is 5.15. The maximum absolute atomic E-state index is 13.9. The maximum Gasteiger partial charge on any atom is 0.247 e. The number of aromatic hydroxyl groups is 1. The van der Waals surface area contributed by atoms with Crippen molar-refractivity contribution in [1.29, 1.82) is 5.26 Å². The van der Waals surface area contributed by atoms with Gasteiger partial charge in [-0.05, 0) is 18.2 Å². The summed E-state index contributed by atoms with van der Waals surface area (Å²) in [6.07, 6.45) is 0. The molecule has 0 aliphatic carbocycles. The minimum absolute atomic E-state index is 0.0144. The maximum atomic E-state index is 13.9. The van der Waals surface area contributed by atoms with Gasteiger partial charge in [0, 0.05) is 41.0 Å². The van der Waals surface area contributed by atoms with E-state index in [2.05, 4.69) is 0 Å². The van der Waals surface area contributed by atoms with Crippen molar-refractivity contribution in [2.24, 2.45) is 5.73 Å². The second-order valence-electron chi connectivity index (χ2n) is 8.54. The first-order chi connectivity index (χ1) is 17.3. The topological polar surface area (TPSA) is 130 Å². The minimum atomic E-state index is -1.87. The first kappa shape index (κ1) is 21.8. The highest BCUT2D eigenvalue weighted by atomic mass is 35.5. The van der Waals surface area contributed by atoms with Gasteiger partial charge in [-0.2, -0.15) is 5.26 Å². The molecule has 1 amide bonds. The number of fused-ring (bicyclic) bond motifs is 5. The molecule has 2 aliphatic rings. The Labute approximate surface area is 209 Å². The molecule has 0 saturated carbocycles. The van der Waals surface area contributed by atoms with Crippen LogP contribution in [0.15, 0.2) is 81.3 Å². The molecule has 0 bridgehead atoms. The van der Waals surface area contributed by atoms with Crippen LogP contribution in [0.2, 0.25) is 5.02 Å². The van der Waals surface area contributed by atoms with Crippen LogP contribution in [0.5, 0.6) is 11.5 Å². The van der Waals surface area contributed by atoms with Crippen LogP contribution in [0, 0.1) is 11.3 Å². The molecular formula is C27H16ClN3O5. The summed E-state index contributed by atoms with van der Waals surface area (Å²) in [7, 11) is 1.54. The zero-order chi connectivity index (χ0) is 25.4. The molecule has 3 aromatic carbocycles. The van der Waals surface area contributed by atoms with Crippen molar-refractivity contribution in [1.82, 2.24) is 0 Å². The summed E-state index contributed by atoms with van der Waals surface area (Å²) >= 11 is 6.29. The Bertz CT molecular complexity index is 1770. The third kappa shape index (κ3) is 2.63. The summed E-state index contributed by atoms with van der Waals surface area (Å²) in [5.41, 5.74) is 4.99. The fraction of sp³-hybridized carbons (Fsp3) is 0.0741. The number of likely N-dealkylation sites (N-methyl/N-ethyl adjacent to an activating group) is 1. The summed E-state index contributed by atoms with van der Waals surface area (Å²) in [5, 5.41) is 21.8. The Kier molecular flexibility index (Phi) is 4.46. The van der Waals surface area contributed by atoms with Gasteiger partial charge in [-0.1, -0.05) is 41.9 Å². The number of carbonyl (C=O) groups is 1. The van der Waals surface area contributed by atoms with Crippen molar-refractivity contribution in [3.8, 4) is 28.9 Å². The number of nitrogens with two attached hydrogens (primary N) is 1. The zero-order valence-electron chi connectivity index (χ0n) is 18.7. The average Bonchev–Trinajstić information content (AvgIpc) is 3.06. The monoisotopic (exact) mass is 497 g/mol. The average molecular weight is 498 g/mol. The minimum Gasteiger partial charge on any atom is -0.507 e. The van der Waals surface area contributed by atoms with E-state index in [1.54, 1.807) is 49.5 Å². The Morgan fingerprint density at radius 3 is 2.58 bits per heavy atom. The summed E-state index contributed by atoms with van der Waals surface area (Å²) in [6.45, 7) is 0. The van der Waals surface area contributed by atoms with Gasteiger partial charge in [-0.3, -0.25) is 9.59 Å². The highest BCUT2D eigenvalue weighted by molar-refractivity contribution is 6.31. The van der Waals surface area contributed by atoms with E-state index in [4.69, 9.17) is 26.5 Å². The molecule has 3 N–H and O–H groups in total. The van der Waals surface area contributed by atoms with Crippen LogP contribution in [-0.2, 0) is 10.2 Å². The van der Waals surface area contributed by atoms with Gasteiger partial charge in [0.1, 0.15) is 45.3 Å². The van der Waals surface area contributed by atoms with Gasteiger partial charge in [0.15, 0.2) is 5.43 Å². The van der Waals surface area contributed by atoms with Gasteiger partial charge in [0.25, 0.3) is 0 Å². The molecule has 0 fully saturated rings. The number of anilines is 1. The van der Waals surface area contributed by atoms with Crippen LogP contribution in [0.1, 0.15) is 11.1 Å². The number of phenolic OH excluding ortho intramolecular Hbond substituents is 1. The number of hydrogen-bond acceptors (Lipinski definition) is 7. The first-order valence-electron chi connectivity index (χ1n) is 10.8. The van der Waals surface area contributed by atoms with Crippen molar-refractivity contribution in [3.05, 3.63) is 98.5 Å². The van der Waals surface area contributed by atoms with E-state index >= 15 is 0 Å². The molecule has 2 aliphatic heterocycles. The molecule has 1 spiro atoms. The van der Waals surface area contributed by atoms with Gasteiger partial charge in [0.2, 0.25) is 11.8 Å². The van der Waals surface area contributed by atoms with Crippen molar-refractivity contribution in [2.45, 2.75) is 5.41 Å². The second kappa shape index (κ2) is 7.38. The van der Waals surface area contributed by atoms with Gasteiger partial charge in [-0.15, -0.1) is 0 Å². The molecular weight excluding hydrogens is 482 g/mol. The molecule has 3 heterocycles. The number of nitriles is 1. The SMILES string of the molecule is CN1C(=O)C2(C(C#N)=C(N)Oc3cc4oc(-c5ccccc5)cc(=O)c4c(O)c32)c2cc(Cl)ccc21. The lowest BCUT2D eigenvalue weighted by atomic mass is 9.68. The third-order valence-corrected chi connectivity index (χ3v) is 6.93. The van der Waals surface area contributed by atoms with Crippen LogP contribution in [0.25, 0.3) is 22.3 Å². The lowest BCUT2D eigenvalue weighted by molar-refractivity contribution is -0.120. The fourth-order valence-corrected chi connectivity index (χ4v) is 5.32. The van der Waals surface area contributed by atoms with Gasteiger partial charge in [-0.25, -0.2) is 0 Å². The molecule has 6 rings (SSSR count). The second-order valence-corrected chi connectivity index (χ2v) is 8.98. The van der Waals surface area contributed by atoms with Crippen LogP contribution in [0.3, 0.4) is 0 Å². The van der Waals surface area contributed by atoms with E-state index in [1.807, 2.05) is 12.1 Å². The standard InChI is InChI=1S/C27H16ClN3O5/c1-31-17-8-7-14(28)9-15(17)27(26(31)34)16(12-29)25(30)36-21-11-20-22(24(33)23(21)27)18(32)10-19(35-20)13-5-3-2-4-6-13/h2-11,33H,30H2,1H3. The first-order valence-corrected chi connectivity index (χ1v) is 11.2. The Hall–Kier alpha value is -4.74. The number of phenols is 1. The van der Waals surface area contributed by atoms with Gasteiger partial charge < -0.3 is 24.9 Å². The molecule has 1 aromatic heterocycles. The van der Waals surface area contributed by atoms with E-state index in [-0.39, 0.29) is 39.5 Å². The quantitative estimate of drug-likeness (QED) is 0.403. The molecule has 9 heteroatoms. The van der Waals surface area contributed by atoms with Crippen molar-refractivity contribution >= 4 is 34.2 Å². The normalized spacial score (nSPS) is 18.2. The number of ether oxygens (including phenoxy) is 1. The highest BCUT2D eigenvalue weighted by Crippen LogP contribution is 2.58. The van der Waals surface area contributed by atoms with E-state index < -0.39 is 22.5 Å².